The Morgan fingerprint density at radius 1 is 1.15 bits per heavy atom. The maximum absolute atomic E-state index is 11.5. The van der Waals surface area contributed by atoms with Crippen molar-refractivity contribution in [1.82, 2.24) is 4.90 Å². The minimum Gasteiger partial charge on any atom is -0.481 e. The molecule has 0 aliphatic heterocycles. The van der Waals surface area contributed by atoms with Gasteiger partial charge in [0.15, 0.2) is 0 Å². The van der Waals surface area contributed by atoms with Gasteiger partial charge in [-0.1, -0.05) is 20.8 Å². The molecule has 3 nitrogen and oxygen atoms in total. The van der Waals surface area contributed by atoms with Crippen LogP contribution in [-0.4, -0.2) is 35.1 Å². The summed E-state index contributed by atoms with van der Waals surface area (Å²) in [6.45, 7) is 6.97. The Labute approximate surface area is 123 Å². The van der Waals surface area contributed by atoms with Gasteiger partial charge in [-0.15, -0.1) is 0 Å². The first-order valence-electron chi connectivity index (χ1n) is 8.25. The second-order valence-corrected chi connectivity index (χ2v) is 7.99. The molecule has 0 aromatic heterocycles. The maximum Gasteiger partial charge on any atom is 0.308 e. The van der Waals surface area contributed by atoms with Gasteiger partial charge in [-0.3, -0.25) is 9.69 Å². The lowest BCUT2D eigenvalue weighted by molar-refractivity contribution is -0.146. The van der Waals surface area contributed by atoms with Crippen LogP contribution in [0.5, 0.6) is 0 Å². The van der Waals surface area contributed by atoms with Gasteiger partial charge in [-0.2, -0.15) is 0 Å². The van der Waals surface area contributed by atoms with Crippen LogP contribution in [0.1, 0.15) is 65.7 Å². The first-order chi connectivity index (χ1) is 9.30. The van der Waals surface area contributed by atoms with Crippen LogP contribution < -0.4 is 0 Å². The third kappa shape index (κ3) is 3.55. The monoisotopic (exact) mass is 281 g/mol. The van der Waals surface area contributed by atoms with Crippen LogP contribution >= 0.6 is 0 Å². The van der Waals surface area contributed by atoms with Crippen LogP contribution in [0.3, 0.4) is 0 Å². The van der Waals surface area contributed by atoms with Crippen molar-refractivity contribution >= 4 is 5.97 Å². The van der Waals surface area contributed by atoms with Gasteiger partial charge in [0.25, 0.3) is 0 Å². The lowest BCUT2D eigenvalue weighted by Gasteiger charge is -2.45. The molecule has 2 aliphatic rings. The van der Waals surface area contributed by atoms with Gasteiger partial charge in [0.1, 0.15) is 0 Å². The van der Waals surface area contributed by atoms with E-state index < -0.39 is 5.97 Å². The van der Waals surface area contributed by atoms with Crippen molar-refractivity contribution in [2.75, 3.05) is 7.05 Å². The third-order valence-electron chi connectivity index (χ3n) is 5.80. The molecule has 2 fully saturated rings. The molecule has 3 unspecified atom stereocenters. The highest BCUT2D eigenvalue weighted by Gasteiger charge is 2.39. The van der Waals surface area contributed by atoms with Crippen molar-refractivity contribution in [2.24, 2.45) is 17.3 Å². The quantitative estimate of drug-likeness (QED) is 0.856. The summed E-state index contributed by atoms with van der Waals surface area (Å²) in [5, 5.41) is 9.50. The Balaban J connectivity index is 2.02. The molecule has 2 rings (SSSR count). The first kappa shape index (κ1) is 15.8. The maximum atomic E-state index is 11.5. The number of carboxylic acids is 1. The Bertz CT molecular complexity index is 343. The highest BCUT2D eigenvalue weighted by atomic mass is 16.4. The summed E-state index contributed by atoms with van der Waals surface area (Å²) in [4.78, 5) is 14.0. The number of nitrogens with zero attached hydrogens (tertiary/aromatic N) is 1. The van der Waals surface area contributed by atoms with Crippen molar-refractivity contribution < 1.29 is 9.90 Å². The molecule has 0 heterocycles. The van der Waals surface area contributed by atoms with Crippen LogP contribution in [0, 0.1) is 17.3 Å². The zero-order valence-corrected chi connectivity index (χ0v) is 13.6. The first-order valence-corrected chi connectivity index (χ1v) is 8.25. The molecule has 0 bridgehead atoms. The predicted octanol–water partition coefficient (Wildman–Crippen LogP) is 3.78. The van der Waals surface area contributed by atoms with Gasteiger partial charge in [-0.25, -0.2) is 0 Å². The van der Waals surface area contributed by atoms with Crippen molar-refractivity contribution in [1.29, 1.82) is 0 Å². The van der Waals surface area contributed by atoms with Crippen molar-refractivity contribution in [3.05, 3.63) is 0 Å². The zero-order valence-electron chi connectivity index (χ0n) is 13.6. The zero-order chi connectivity index (χ0) is 14.9. The third-order valence-corrected chi connectivity index (χ3v) is 5.80. The summed E-state index contributed by atoms with van der Waals surface area (Å²) in [7, 11) is 2.17. The number of carbonyl (C=O) groups is 1. The second kappa shape index (κ2) is 6.05. The van der Waals surface area contributed by atoms with Gasteiger partial charge in [0.05, 0.1) is 5.92 Å². The van der Waals surface area contributed by atoms with Crippen LogP contribution in [-0.2, 0) is 4.79 Å². The molecule has 0 aromatic rings. The van der Waals surface area contributed by atoms with E-state index in [0.717, 1.165) is 19.3 Å². The average Bonchev–Trinajstić information content (AvgIpc) is 2.37. The Morgan fingerprint density at radius 3 is 2.30 bits per heavy atom. The Hall–Kier alpha value is -0.570. The van der Waals surface area contributed by atoms with Crippen molar-refractivity contribution in [3.8, 4) is 0 Å². The minimum atomic E-state index is -0.593. The Morgan fingerprint density at radius 2 is 1.75 bits per heavy atom. The number of rotatable bonds is 3. The largest absolute Gasteiger partial charge is 0.481 e. The highest BCUT2D eigenvalue weighted by Crippen LogP contribution is 2.39. The van der Waals surface area contributed by atoms with E-state index in [-0.39, 0.29) is 12.0 Å². The fourth-order valence-corrected chi connectivity index (χ4v) is 4.15. The van der Waals surface area contributed by atoms with Gasteiger partial charge in [0, 0.05) is 12.1 Å². The van der Waals surface area contributed by atoms with Gasteiger partial charge >= 0.3 is 5.97 Å². The van der Waals surface area contributed by atoms with E-state index in [1.807, 2.05) is 0 Å². The van der Waals surface area contributed by atoms with Gasteiger partial charge in [-0.05, 0) is 63.3 Å². The molecule has 116 valence electrons. The second-order valence-electron chi connectivity index (χ2n) is 7.99. The fraction of sp³-hybridized carbons (Fsp3) is 0.941. The number of aliphatic carboxylic acids is 1. The molecule has 0 aromatic carbocycles. The van der Waals surface area contributed by atoms with E-state index in [1.165, 1.54) is 25.7 Å². The van der Waals surface area contributed by atoms with E-state index >= 15 is 0 Å². The van der Waals surface area contributed by atoms with Crippen molar-refractivity contribution in [2.45, 2.75) is 77.8 Å². The SMILES string of the molecule is CC1CCC(C(=O)O)C(N(C)C2CCC(C)(C)CC2)C1. The van der Waals surface area contributed by atoms with Gasteiger partial charge in [0.2, 0.25) is 0 Å². The lowest BCUT2D eigenvalue weighted by Crippen LogP contribution is -2.50. The molecule has 3 heteroatoms. The minimum absolute atomic E-state index is 0.161. The van der Waals surface area contributed by atoms with Crippen LogP contribution in [0.25, 0.3) is 0 Å². The molecule has 3 atom stereocenters. The van der Waals surface area contributed by atoms with Crippen LogP contribution in [0.15, 0.2) is 0 Å². The summed E-state index contributed by atoms with van der Waals surface area (Å²) in [6, 6.07) is 0.822. The molecule has 2 aliphatic carbocycles. The number of hydrogen-bond donors (Lipinski definition) is 1. The molecule has 0 spiro atoms. The van der Waals surface area contributed by atoms with Crippen LogP contribution in [0.4, 0.5) is 0 Å². The van der Waals surface area contributed by atoms with Crippen molar-refractivity contribution in [3.63, 3.8) is 0 Å². The summed E-state index contributed by atoms with van der Waals surface area (Å²) >= 11 is 0. The smallest absolute Gasteiger partial charge is 0.308 e. The summed E-state index contributed by atoms with van der Waals surface area (Å²) < 4.78 is 0. The van der Waals surface area contributed by atoms with Crippen LogP contribution in [0.2, 0.25) is 0 Å². The highest BCUT2D eigenvalue weighted by molar-refractivity contribution is 5.71. The molecule has 2 saturated carbocycles. The summed E-state index contributed by atoms with van der Waals surface area (Å²) in [5.41, 5.74) is 0.476. The van der Waals surface area contributed by atoms with E-state index in [2.05, 4.69) is 32.7 Å². The van der Waals surface area contributed by atoms with E-state index in [4.69, 9.17) is 0 Å². The summed E-state index contributed by atoms with van der Waals surface area (Å²) in [5.74, 6) is -0.0888. The molecular formula is C17H31NO2. The molecule has 0 amide bonds. The molecule has 0 radical (unpaired) electrons. The molecule has 0 saturated heterocycles. The standard InChI is InChI=1S/C17H31NO2/c1-12-5-6-14(16(19)20)15(11-12)18(4)13-7-9-17(2,3)10-8-13/h12-15H,5-11H2,1-4H3,(H,19,20). The Kier molecular flexibility index (Phi) is 4.78. The summed E-state index contributed by atoms with van der Waals surface area (Å²) in [6.07, 6.45) is 7.95. The number of carboxylic acid groups (broad SMARTS) is 1. The average molecular weight is 281 g/mol. The predicted molar refractivity (Wildman–Crippen MR) is 81.7 cm³/mol. The molecular weight excluding hydrogens is 250 g/mol. The van der Waals surface area contributed by atoms with E-state index in [9.17, 15) is 9.90 Å². The fourth-order valence-electron chi connectivity index (χ4n) is 4.15. The van der Waals surface area contributed by atoms with Gasteiger partial charge < -0.3 is 5.11 Å². The van der Waals surface area contributed by atoms with E-state index in [1.54, 1.807) is 0 Å². The topological polar surface area (TPSA) is 40.5 Å². The van der Waals surface area contributed by atoms with E-state index in [0.29, 0.717) is 17.4 Å². The number of hydrogen-bond acceptors (Lipinski definition) is 2. The molecule has 20 heavy (non-hydrogen) atoms. The molecule has 1 N–H and O–H groups in total. The normalized spacial score (nSPS) is 35.1. The lowest BCUT2D eigenvalue weighted by atomic mass is 9.73.